The number of aliphatic hydroxyl groups excluding tert-OH is 1. The maximum Gasteiger partial charge on any atom is 0.157 e. The Morgan fingerprint density at radius 2 is 2.38 bits per heavy atom. The molecule has 1 aliphatic heterocycles. The molecule has 1 rings (SSSR count). The molecule has 0 aromatic heterocycles. The largest absolute Gasteiger partial charge is 0.368 e. The van der Waals surface area contributed by atoms with E-state index in [-0.39, 0.29) is 0 Å². The van der Waals surface area contributed by atoms with Crippen LogP contribution in [0.4, 0.5) is 0 Å². The fourth-order valence-electron chi connectivity index (χ4n) is 0.916. The Bertz CT molecular complexity index is 62.9. The van der Waals surface area contributed by atoms with Crippen molar-refractivity contribution in [2.75, 3.05) is 6.61 Å². The van der Waals surface area contributed by atoms with Gasteiger partial charge in [0.2, 0.25) is 0 Å². The third-order valence-corrected chi connectivity index (χ3v) is 1.58. The van der Waals surface area contributed by atoms with Crippen molar-refractivity contribution >= 4 is 0 Å². The molecule has 0 aromatic rings. The molecule has 1 aliphatic rings. The van der Waals surface area contributed by atoms with Crippen LogP contribution in [-0.2, 0) is 4.74 Å². The number of rotatable bonds is 0. The van der Waals surface area contributed by atoms with Gasteiger partial charge in [-0.2, -0.15) is 0 Å². The molecule has 0 bridgehead atoms. The Kier molecular flexibility index (Phi) is 1.86. The van der Waals surface area contributed by atoms with Crippen molar-refractivity contribution in [3.05, 3.63) is 0 Å². The summed E-state index contributed by atoms with van der Waals surface area (Å²) in [6.45, 7) is 2.73. The molecule has 2 nitrogen and oxygen atoms in total. The Balaban J connectivity index is 2.28. The van der Waals surface area contributed by atoms with Gasteiger partial charge in [-0.05, 0) is 12.8 Å². The Hall–Kier alpha value is -0.0800. The zero-order valence-electron chi connectivity index (χ0n) is 5.13. The molecule has 1 heterocycles. The van der Waals surface area contributed by atoms with Gasteiger partial charge in [-0.3, -0.25) is 0 Å². The lowest BCUT2D eigenvalue weighted by Crippen LogP contribution is -2.26. The molecule has 0 saturated carbocycles. The quantitative estimate of drug-likeness (QED) is 0.506. The minimum atomic E-state index is -0.497. The molecule has 2 atom stereocenters. The van der Waals surface area contributed by atoms with Crippen molar-refractivity contribution in [2.24, 2.45) is 5.92 Å². The standard InChI is InChI=1S/C6H12O2/c1-5-3-2-4-8-6(5)7/h5-7H,2-4H2,1H3/t5-,6+/m1/s1. The van der Waals surface area contributed by atoms with Gasteiger partial charge in [-0.25, -0.2) is 0 Å². The van der Waals surface area contributed by atoms with Gasteiger partial charge in [0.25, 0.3) is 0 Å². The van der Waals surface area contributed by atoms with Crippen LogP contribution in [0, 0.1) is 5.92 Å². The van der Waals surface area contributed by atoms with E-state index < -0.39 is 6.29 Å². The summed E-state index contributed by atoms with van der Waals surface area (Å²) in [4.78, 5) is 0. The summed E-state index contributed by atoms with van der Waals surface area (Å²) in [5.74, 6) is 0.337. The van der Waals surface area contributed by atoms with Crippen LogP contribution >= 0.6 is 0 Å². The van der Waals surface area contributed by atoms with Crippen molar-refractivity contribution in [3.63, 3.8) is 0 Å². The lowest BCUT2D eigenvalue weighted by molar-refractivity contribution is -0.153. The summed E-state index contributed by atoms with van der Waals surface area (Å²) in [5.41, 5.74) is 0. The second-order valence-corrected chi connectivity index (χ2v) is 2.38. The first kappa shape index (κ1) is 6.05. The monoisotopic (exact) mass is 116 g/mol. The number of hydrogen-bond acceptors (Lipinski definition) is 2. The molecule has 0 aromatic carbocycles. The summed E-state index contributed by atoms with van der Waals surface area (Å²) in [5, 5.41) is 8.96. The first-order valence-electron chi connectivity index (χ1n) is 3.10. The molecule has 1 saturated heterocycles. The Morgan fingerprint density at radius 3 is 2.75 bits per heavy atom. The molecular weight excluding hydrogens is 104 g/mol. The van der Waals surface area contributed by atoms with E-state index in [9.17, 15) is 0 Å². The number of hydrogen-bond donors (Lipinski definition) is 1. The van der Waals surface area contributed by atoms with Crippen molar-refractivity contribution in [1.82, 2.24) is 0 Å². The molecule has 0 unspecified atom stereocenters. The molecule has 0 radical (unpaired) electrons. The lowest BCUT2D eigenvalue weighted by Gasteiger charge is -2.23. The van der Waals surface area contributed by atoms with E-state index in [4.69, 9.17) is 9.84 Å². The van der Waals surface area contributed by atoms with Gasteiger partial charge in [0.1, 0.15) is 0 Å². The highest BCUT2D eigenvalue weighted by atomic mass is 16.6. The van der Waals surface area contributed by atoms with Gasteiger partial charge in [-0.15, -0.1) is 0 Å². The smallest absolute Gasteiger partial charge is 0.157 e. The molecule has 0 amide bonds. The average molecular weight is 116 g/mol. The van der Waals surface area contributed by atoms with Crippen LogP contribution in [0.1, 0.15) is 19.8 Å². The van der Waals surface area contributed by atoms with Crippen LogP contribution in [0.2, 0.25) is 0 Å². The third-order valence-electron chi connectivity index (χ3n) is 1.58. The molecule has 1 fully saturated rings. The van der Waals surface area contributed by atoms with E-state index in [2.05, 4.69) is 0 Å². The van der Waals surface area contributed by atoms with Crippen LogP contribution in [0.25, 0.3) is 0 Å². The Labute approximate surface area is 49.5 Å². The molecule has 1 N–H and O–H groups in total. The summed E-state index contributed by atoms with van der Waals surface area (Å²) in [7, 11) is 0. The molecule has 48 valence electrons. The minimum absolute atomic E-state index is 0.337. The fraction of sp³-hybridized carbons (Fsp3) is 1.00. The maximum absolute atomic E-state index is 8.96. The fourth-order valence-corrected chi connectivity index (χ4v) is 0.916. The van der Waals surface area contributed by atoms with E-state index in [1.165, 1.54) is 0 Å². The predicted molar refractivity (Wildman–Crippen MR) is 30.4 cm³/mol. The van der Waals surface area contributed by atoms with Crippen molar-refractivity contribution in [1.29, 1.82) is 0 Å². The summed E-state index contributed by atoms with van der Waals surface area (Å²) < 4.78 is 4.95. The summed E-state index contributed by atoms with van der Waals surface area (Å²) in [6.07, 6.45) is 1.70. The van der Waals surface area contributed by atoms with Gasteiger partial charge < -0.3 is 9.84 Å². The van der Waals surface area contributed by atoms with Gasteiger partial charge in [0, 0.05) is 12.5 Å². The highest BCUT2D eigenvalue weighted by Crippen LogP contribution is 2.17. The topological polar surface area (TPSA) is 29.5 Å². The van der Waals surface area contributed by atoms with E-state index in [0.717, 1.165) is 19.4 Å². The van der Waals surface area contributed by atoms with E-state index in [1.807, 2.05) is 6.92 Å². The van der Waals surface area contributed by atoms with Gasteiger partial charge in [-0.1, -0.05) is 6.92 Å². The zero-order chi connectivity index (χ0) is 5.98. The van der Waals surface area contributed by atoms with Gasteiger partial charge in [0.05, 0.1) is 0 Å². The van der Waals surface area contributed by atoms with Crippen LogP contribution in [0.3, 0.4) is 0 Å². The average Bonchev–Trinajstić information content (AvgIpc) is 1.77. The van der Waals surface area contributed by atoms with Crippen molar-refractivity contribution in [2.45, 2.75) is 26.1 Å². The first-order valence-corrected chi connectivity index (χ1v) is 3.10. The lowest BCUT2D eigenvalue weighted by atomic mass is 10.0. The SMILES string of the molecule is C[C@@H]1CCCO[C@@H]1O. The van der Waals surface area contributed by atoms with E-state index in [0.29, 0.717) is 5.92 Å². The van der Waals surface area contributed by atoms with Crippen LogP contribution in [-0.4, -0.2) is 18.0 Å². The summed E-state index contributed by atoms with van der Waals surface area (Å²) in [6, 6.07) is 0. The molecule has 8 heavy (non-hydrogen) atoms. The van der Waals surface area contributed by atoms with E-state index >= 15 is 0 Å². The molecular formula is C6H12O2. The number of ether oxygens (including phenoxy) is 1. The maximum atomic E-state index is 8.96. The van der Waals surface area contributed by atoms with Gasteiger partial charge >= 0.3 is 0 Å². The second kappa shape index (κ2) is 2.46. The molecule has 0 spiro atoms. The molecule has 0 aliphatic carbocycles. The van der Waals surface area contributed by atoms with Crippen LogP contribution in [0.5, 0.6) is 0 Å². The highest BCUT2D eigenvalue weighted by molar-refractivity contribution is 4.60. The number of aliphatic hydroxyl groups is 1. The van der Waals surface area contributed by atoms with Gasteiger partial charge in [0.15, 0.2) is 6.29 Å². The van der Waals surface area contributed by atoms with Crippen molar-refractivity contribution < 1.29 is 9.84 Å². The summed E-state index contributed by atoms with van der Waals surface area (Å²) >= 11 is 0. The highest BCUT2D eigenvalue weighted by Gasteiger charge is 2.18. The van der Waals surface area contributed by atoms with Crippen LogP contribution in [0.15, 0.2) is 0 Å². The zero-order valence-corrected chi connectivity index (χ0v) is 5.13. The van der Waals surface area contributed by atoms with Crippen molar-refractivity contribution in [3.8, 4) is 0 Å². The van der Waals surface area contributed by atoms with E-state index in [1.54, 1.807) is 0 Å². The second-order valence-electron chi connectivity index (χ2n) is 2.38. The molecule has 2 heteroatoms. The van der Waals surface area contributed by atoms with Crippen LogP contribution < -0.4 is 0 Å². The minimum Gasteiger partial charge on any atom is -0.368 e. The normalized spacial score (nSPS) is 39.8. The first-order chi connectivity index (χ1) is 3.80. The third kappa shape index (κ3) is 1.20. The predicted octanol–water partition coefficient (Wildman–Crippen LogP) is 0.751. The Morgan fingerprint density at radius 1 is 1.62 bits per heavy atom.